The molecular formula is C15H24N2O6S. The van der Waals surface area contributed by atoms with Crippen LogP contribution >= 0.6 is 0 Å². The van der Waals surface area contributed by atoms with Gasteiger partial charge in [0.05, 0.1) is 32.8 Å². The summed E-state index contributed by atoms with van der Waals surface area (Å²) in [5.74, 6) is 0.736. The van der Waals surface area contributed by atoms with Crippen molar-refractivity contribution >= 4 is 21.6 Å². The molecule has 1 N–H and O–H groups in total. The Morgan fingerprint density at radius 1 is 1.17 bits per heavy atom. The van der Waals surface area contributed by atoms with Crippen LogP contribution in [0.1, 0.15) is 6.42 Å². The number of carbonyl (C=O) groups is 1. The third-order valence-corrected chi connectivity index (χ3v) is 4.59. The molecule has 0 aliphatic carbocycles. The van der Waals surface area contributed by atoms with Crippen LogP contribution in [-0.4, -0.2) is 65.9 Å². The van der Waals surface area contributed by atoms with Crippen molar-refractivity contribution in [2.45, 2.75) is 6.42 Å². The number of anilines is 1. The zero-order valence-electron chi connectivity index (χ0n) is 14.4. The Bertz CT molecular complexity index is 647. The molecule has 0 fully saturated rings. The summed E-state index contributed by atoms with van der Waals surface area (Å²) in [6.45, 7) is 0.532. The van der Waals surface area contributed by atoms with E-state index in [1.807, 2.05) is 0 Å². The summed E-state index contributed by atoms with van der Waals surface area (Å²) < 4.78 is 39.8. The second kappa shape index (κ2) is 9.45. The highest BCUT2D eigenvalue weighted by Crippen LogP contribution is 2.28. The lowest BCUT2D eigenvalue weighted by Crippen LogP contribution is -2.35. The molecule has 1 rings (SSSR count). The number of methoxy groups -OCH3 is 3. The van der Waals surface area contributed by atoms with Crippen LogP contribution in [0.15, 0.2) is 18.2 Å². The lowest BCUT2D eigenvalue weighted by molar-refractivity contribution is -0.116. The predicted octanol–water partition coefficient (Wildman–Crippen LogP) is 0.940. The average molecular weight is 360 g/mol. The van der Waals surface area contributed by atoms with Gasteiger partial charge in [0.2, 0.25) is 15.9 Å². The summed E-state index contributed by atoms with van der Waals surface area (Å²) in [5, 5.41) is 2.70. The van der Waals surface area contributed by atoms with Gasteiger partial charge in [-0.25, -0.2) is 8.42 Å². The molecule has 0 aliphatic heterocycles. The van der Waals surface area contributed by atoms with Gasteiger partial charge in [0.1, 0.15) is 11.5 Å². The monoisotopic (exact) mass is 360 g/mol. The van der Waals surface area contributed by atoms with E-state index in [4.69, 9.17) is 14.2 Å². The first-order valence-electron chi connectivity index (χ1n) is 7.27. The summed E-state index contributed by atoms with van der Waals surface area (Å²) >= 11 is 0. The van der Waals surface area contributed by atoms with Crippen LogP contribution in [-0.2, 0) is 19.6 Å². The third kappa shape index (κ3) is 6.34. The number of carbonyl (C=O) groups excluding carboxylic acids is 1. The van der Waals surface area contributed by atoms with Crippen molar-refractivity contribution in [3.8, 4) is 11.5 Å². The quantitative estimate of drug-likeness (QED) is 0.667. The van der Waals surface area contributed by atoms with Gasteiger partial charge in [-0.05, 0) is 12.1 Å². The molecule has 0 bridgehead atoms. The molecule has 1 aromatic rings. The van der Waals surface area contributed by atoms with E-state index < -0.39 is 10.0 Å². The topological polar surface area (TPSA) is 94.2 Å². The van der Waals surface area contributed by atoms with Crippen LogP contribution < -0.4 is 14.8 Å². The van der Waals surface area contributed by atoms with Crippen molar-refractivity contribution in [1.82, 2.24) is 4.31 Å². The molecule has 8 nitrogen and oxygen atoms in total. The summed E-state index contributed by atoms with van der Waals surface area (Å²) in [5.41, 5.74) is 0.463. The van der Waals surface area contributed by atoms with Crippen molar-refractivity contribution < 1.29 is 27.4 Å². The normalized spacial score (nSPS) is 11.4. The summed E-state index contributed by atoms with van der Waals surface area (Å²) in [6.07, 6.45) is 1.11. The lowest BCUT2D eigenvalue weighted by Gasteiger charge is -2.19. The first kappa shape index (κ1) is 20.2. The van der Waals surface area contributed by atoms with Gasteiger partial charge in [-0.15, -0.1) is 0 Å². The van der Waals surface area contributed by atoms with Gasteiger partial charge in [0.25, 0.3) is 0 Å². The van der Waals surface area contributed by atoms with E-state index >= 15 is 0 Å². The first-order valence-corrected chi connectivity index (χ1v) is 9.12. The highest BCUT2D eigenvalue weighted by Gasteiger charge is 2.18. The zero-order valence-corrected chi connectivity index (χ0v) is 15.2. The van der Waals surface area contributed by atoms with E-state index in [0.29, 0.717) is 17.2 Å². The van der Waals surface area contributed by atoms with Crippen LogP contribution in [0.25, 0.3) is 0 Å². The Morgan fingerprint density at radius 2 is 1.88 bits per heavy atom. The van der Waals surface area contributed by atoms with E-state index in [9.17, 15) is 13.2 Å². The van der Waals surface area contributed by atoms with Crippen LogP contribution in [0.3, 0.4) is 0 Å². The fourth-order valence-electron chi connectivity index (χ4n) is 1.99. The molecule has 9 heteroatoms. The van der Waals surface area contributed by atoms with Gasteiger partial charge < -0.3 is 19.5 Å². The number of hydrogen-bond acceptors (Lipinski definition) is 6. The van der Waals surface area contributed by atoms with Crippen molar-refractivity contribution in [3.05, 3.63) is 18.2 Å². The average Bonchev–Trinajstić information content (AvgIpc) is 2.53. The Labute approximate surface area is 142 Å². The maximum atomic E-state index is 12.1. The van der Waals surface area contributed by atoms with Gasteiger partial charge in [0.15, 0.2) is 0 Å². The minimum atomic E-state index is -3.40. The minimum Gasteiger partial charge on any atom is -0.497 e. The van der Waals surface area contributed by atoms with E-state index in [1.54, 1.807) is 18.2 Å². The Morgan fingerprint density at radius 3 is 2.42 bits per heavy atom. The number of benzene rings is 1. The van der Waals surface area contributed by atoms with Gasteiger partial charge >= 0.3 is 0 Å². The summed E-state index contributed by atoms with van der Waals surface area (Å²) in [6, 6.07) is 5.02. The van der Waals surface area contributed by atoms with Crippen LogP contribution in [0.2, 0.25) is 0 Å². The highest BCUT2D eigenvalue weighted by atomic mass is 32.2. The number of hydrogen-bond donors (Lipinski definition) is 1. The molecule has 0 saturated carbocycles. The van der Waals surface area contributed by atoms with E-state index in [2.05, 4.69) is 5.32 Å². The number of amides is 1. The molecule has 0 heterocycles. The number of ether oxygens (including phenoxy) is 3. The van der Waals surface area contributed by atoms with Crippen LogP contribution in [0.5, 0.6) is 11.5 Å². The Hall–Kier alpha value is -1.84. The van der Waals surface area contributed by atoms with E-state index in [-0.39, 0.29) is 32.0 Å². The van der Waals surface area contributed by atoms with Crippen molar-refractivity contribution in [1.29, 1.82) is 0 Å². The van der Waals surface area contributed by atoms with Crippen molar-refractivity contribution in [2.75, 3.05) is 52.6 Å². The number of nitrogens with zero attached hydrogens (tertiary/aromatic N) is 1. The largest absolute Gasteiger partial charge is 0.497 e. The van der Waals surface area contributed by atoms with Crippen LogP contribution in [0, 0.1) is 0 Å². The molecule has 0 spiro atoms. The van der Waals surface area contributed by atoms with Gasteiger partial charge in [0, 0.05) is 32.7 Å². The third-order valence-electron chi connectivity index (χ3n) is 3.28. The number of sulfonamides is 1. The molecule has 0 aromatic heterocycles. The Balaban J connectivity index is 2.71. The maximum Gasteiger partial charge on any atom is 0.225 e. The van der Waals surface area contributed by atoms with Crippen molar-refractivity contribution in [3.63, 3.8) is 0 Å². The predicted molar refractivity (Wildman–Crippen MR) is 91.1 cm³/mol. The fraction of sp³-hybridized carbons (Fsp3) is 0.533. The first-order chi connectivity index (χ1) is 11.3. The molecule has 1 amide bonds. The van der Waals surface area contributed by atoms with E-state index in [1.165, 1.54) is 25.6 Å². The second-order valence-electron chi connectivity index (χ2n) is 5.02. The van der Waals surface area contributed by atoms with E-state index in [0.717, 1.165) is 6.26 Å². The molecular weight excluding hydrogens is 336 g/mol. The molecule has 0 aliphatic rings. The molecule has 0 saturated heterocycles. The molecule has 136 valence electrons. The molecule has 24 heavy (non-hydrogen) atoms. The maximum absolute atomic E-state index is 12.1. The highest BCUT2D eigenvalue weighted by molar-refractivity contribution is 7.88. The number of nitrogens with one attached hydrogen (secondary N) is 1. The fourth-order valence-corrected chi connectivity index (χ4v) is 2.82. The van der Waals surface area contributed by atoms with Crippen molar-refractivity contribution in [2.24, 2.45) is 0 Å². The second-order valence-corrected chi connectivity index (χ2v) is 7.00. The molecule has 0 radical (unpaired) electrons. The molecule has 0 atom stereocenters. The SMILES string of the molecule is COCCN(CCC(=O)Nc1cc(OC)ccc1OC)S(C)(=O)=O. The molecule has 1 aromatic carbocycles. The number of rotatable bonds is 10. The molecule has 0 unspecified atom stereocenters. The minimum absolute atomic E-state index is 0.0111. The van der Waals surface area contributed by atoms with Gasteiger partial charge in [-0.3, -0.25) is 4.79 Å². The summed E-state index contributed by atoms with van der Waals surface area (Å²) in [4.78, 5) is 12.1. The lowest BCUT2D eigenvalue weighted by atomic mass is 10.2. The zero-order chi connectivity index (χ0) is 18.2. The van der Waals surface area contributed by atoms with Gasteiger partial charge in [-0.2, -0.15) is 4.31 Å². The van der Waals surface area contributed by atoms with Gasteiger partial charge in [-0.1, -0.05) is 0 Å². The van der Waals surface area contributed by atoms with Crippen LogP contribution in [0.4, 0.5) is 5.69 Å². The smallest absolute Gasteiger partial charge is 0.225 e. The standard InChI is InChI=1S/C15H24N2O6S/c1-21-10-9-17(24(4,19)20)8-7-15(18)16-13-11-12(22-2)5-6-14(13)23-3/h5-6,11H,7-10H2,1-4H3,(H,16,18). The summed E-state index contributed by atoms with van der Waals surface area (Å²) in [7, 11) is 1.10. The Kier molecular flexibility index (Phi) is 7.96.